The van der Waals surface area contributed by atoms with Gasteiger partial charge in [0.2, 0.25) is 0 Å². The number of nitrogens with zero attached hydrogens (tertiary/aromatic N) is 1. The summed E-state index contributed by atoms with van der Waals surface area (Å²) in [6.45, 7) is 0.330. The van der Waals surface area contributed by atoms with Crippen molar-refractivity contribution in [1.82, 2.24) is 5.43 Å². The minimum Gasteiger partial charge on any atom is -0.493 e. The summed E-state index contributed by atoms with van der Waals surface area (Å²) in [5, 5.41) is 6.51. The monoisotopic (exact) mass is 526 g/mol. The summed E-state index contributed by atoms with van der Waals surface area (Å²) in [6, 6.07) is 14.8. The molecule has 2 aromatic carbocycles. The largest absolute Gasteiger partial charge is 0.493 e. The summed E-state index contributed by atoms with van der Waals surface area (Å²) in [7, 11) is 1.58. The van der Waals surface area contributed by atoms with E-state index >= 15 is 0 Å². The number of carbonyl (C=O) groups excluding carboxylic acids is 1. The SMILES string of the molecule is COc1cc(/C=N\NC(=O)c2cccs2)cc(I)c1OCc1ccccc1Cl. The Balaban J connectivity index is 1.71. The molecule has 5 nitrogen and oxygen atoms in total. The van der Waals surface area contributed by atoms with Crippen molar-refractivity contribution in [2.75, 3.05) is 7.11 Å². The van der Waals surface area contributed by atoms with Gasteiger partial charge < -0.3 is 9.47 Å². The van der Waals surface area contributed by atoms with Crippen LogP contribution in [-0.2, 0) is 6.61 Å². The van der Waals surface area contributed by atoms with Crippen LogP contribution < -0.4 is 14.9 Å². The zero-order valence-corrected chi connectivity index (χ0v) is 18.5. The van der Waals surface area contributed by atoms with Gasteiger partial charge in [0.05, 0.1) is 21.8 Å². The number of rotatable bonds is 7. The summed E-state index contributed by atoms with van der Waals surface area (Å²) in [6.07, 6.45) is 1.56. The molecule has 1 aromatic heterocycles. The van der Waals surface area contributed by atoms with E-state index in [9.17, 15) is 4.79 Å². The summed E-state index contributed by atoms with van der Waals surface area (Å²) in [5.41, 5.74) is 4.18. The topological polar surface area (TPSA) is 59.9 Å². The maximum atomic E-state index is 11.9. The van der Waals surface area contributed by atoms with Crippen molar-refractivity contribution >= 4 is 57.7 Å². The fraction of sp³-hybridized carbons (Fsp3) is 0.100. The normalized spacial score (nSPS) is 10.8. The van der Waals surface area contributed by atoms with E-state index in [0.717, 1.165) is 14.7 Å². The third-order valence-corrected chi connectivity index (χ3v) is 5.74. The van der Waals surface area contributed by atoms with Crippen molar-refractivity contribution in [3.8, 4) is 11.5 Å². The Labute approximate surface area is 185 Å². The molecule has 0 aliphatic heterocycles. The molecule has 0 spiro atoms. The van der Waals surface area contributed by atoms with Gasteiger partial charge in [-0.2, -0.15) is 5.10 Å². The molecule has 0 saturated heterocycles. The zero-order chi connectivity index (χ0) is 19.9. The molecule has 28 heavy (non-hydrogen) atoms. The third-order valence-electron chi connectivity index (χ3n) is 3.71. The number of hydrogen-bond acceptors (Lipinski definition) is 5. The van der Waals surface area contributed by atoms with E-state index in [4.69, 9.17) is 21.1 Å². The van der Waals surface area contributed by atoms with Crippen molar-refractivity contribution in [3.05, 3.63) is 78.5 Å². The fourth-order valence-corrected chi connectivity index (χ4v) is 3.93. The van der Waals surface area contributed by atoms with E-state index in [1.807, 2.05) is 41.8 Å². The lowest BCUT2D eigenvalue weighted by molar-refractivity contribution is 0.0959. The standard InChI is InChI=1S/C20H16ClIN2O3S/c1-26-17-10-13(11-23-24-20(25)18-7-4-8-28-18)9-16(22)19(17)27-12-14-5-2-3-6-15(14)21/h2-11H,12H2,1H3,(H,24,25)/b23-11-. The number of thiophene rings is 1. The number of nitrogens with one attached hydrogen (secondary N) is 1. The van der Waals surface area contributed by atoms with Crippen molar-refractivity contribution < 1.29 is 14.3 Å². The van der Waals surface area contributed by atoms with Gasteiger partial charge in [0, 0.05) is 10.6 Å². The van der Waals surface area contributed by atoms with Crippen LogP contribution in [0.3, 0.4) is 0 Å². The Kier molecular flexibility index (Phi) is 7.30. The van der Waals surface area contributed by atoms with Gasteiger partial charge >= 0.3 is 0 Å². The lowest BCUT2D eigenvalue weighted by Gasteiger charge is -2.14. The van der Waals surface area contributed by atoms with Crippen LogP contribution in [0.5, 0.6) is 11.5 Å². The summed E-state index contributed by atoms with van der Waals surface area (Å²) < 4.78 is 12.3. The Morgan fingerprint density at radius 2 is 2.11 bits per heavy atom. The van der Waals surface area contributed by atoms with Crippen LogP contribution in [0.1, 0.15) is 20.8 Å². The van der Waals surface area contributed by atoms with Crippen LogP contribution in [-0.4, -0.2) is 19.2 Å². The van der Waals surface area contributed by atoms with Gasteiger partial charge in [0.25, 0.3) is 5.91 Å². The Morgan fingerprint density at radius 3 is 2.82 bits per heavy atom. The van der Waals surface area contributed by atoms with Gasteiger partial charge in [-0.3, -0.25) is 4.79 Å². The highest BCUT2D eigenvalue weighted by Gasteiger charge is 2.12. The Hall–Kier alpha value is -2.10. The highest BCUT2D eigenvalue weighted by molar-refractivity contribution is 14.1. The van der Waals surface area contributed by atoms with Gasteiger partial charge in [0.15, 0.2) is 11.5 Å². The molecule has 1 heterocycles. The van der Waals surface area contributed by atoms with Crippen LogP contribution in [0.15, 0.2) is 59.0 Å². The second-order valence-corrected chi connectivity index (χ2v) is 8.11. The molecule has 3 aromatic rings. The number of amides is 1. The number of methoxy groups -OCH3 is 1. The van der Waals surface area contributed by atoms with E-state index in [0.29, 0.717) is 28.0 Å². The van der Waals surface area contributed by atoms with Gasteiger partial charge in [-0.25, -0.2) is 5.43 Å². The average Bonchev–Trinajstić information content (AvgIpc) is 3.23. The molecule has 0 unspecified atom stereocenters. The summed E-state index contributed by atoms with van der Waals surface area (Å²) in [5.74, 6) is 0.959. The number of benzene rings is 2. The van der Waals surface area contributed by atoms with Gasteiger partial charge in [-0.15, -0.1) is 11.3 Å². The number of halogens is 2. The predicted octanol–water partition coefficient (Wildman–Crippen LogP) is 5.36. The van der Waals surface area contributed by atoms with Gasteiger partial charge in [0.1, 0.15) is 6.61 Å². The van der Waals surface area contributed by atoms with Crippen LogP contribution in [0, 0.1) is 3.57 Å². The molecule has 1 amide bonds. The lowest BCUT2D eigenvalue weighted by Crippen LogP contribution is -2.16. The first-order valence-corrected chi connectivity index (χ1v) is 10.5. The van der Waals surface area contributed by atoms with Crippen molar-refractivity contribution in [3.63, 3.8) is 0 Å². The molecular weight excluding hydrogens is 511 g/mol. The molecular formula is C20H16ClIN2O3S. The van der Waals surface area contributed by atoms with Crippen LogP contribution >= 0.6 is 45.5 Å². The quantitative estimate of drug-likeness (QED) is 0.256. The maximum absolute atomic E-state index is 11.9. The van der Waals surface area contributed by atoms with Crippen molar-refractivity contribution in [2.45, 2.75) is 6.61 Å². The summed E-state index contributed by atoms with van der Waals surface area (Å²) >= 11 is 9.72. The first-order chi connectivity index (χ1) is 13.6. The summed E-state index contributed by atoms with van der Waals surface area (Å²) in [4.78, 5) is 12.5. The minimum atomic E-state index is -0.243. The molecule has 0 radical (unpaired) electrons. The lowest BCUT2D eigenvalue weighted by atomic mass is 10.2. The highest BCUT2D eigenvalue weighted by Crippen LogP contribution is 2.34. The van der Waals surface area contributed by atoms with Crippen LogP contribution in [0.2, 0.25) is 5.02 Å². The maximum Gasteiger partial charge on any atom is 0.281 e. The molecule has 0 aliphatic rings. The third kappa shape index (κ3) is 5.24. The minimum absolute atomic E-state index is 0.243. The number of hydrogen-bond donors (Lipinski definition) is 1. The second kappa shape index (κ2) is 9.90. The fourth-order valence-electron chi connectivity index (χ4n) is 2.35. The van der Waals surface area contributed by atoms with Crippen LogP contribution in [0.25, 0.3) is 0 Å². The van der Waals surface area contributed by atoms with E-state index in [1.54, 1.807) is 25.5 Å². The number of hydrazone groups is 1. The predicted molar refractivity (Wildman–Crippen MR) is 121 cm³/mol. The second-order valence-electron chi connectivity index (χ2n) is 5.59. The zero-order valence-electron chi connectivity index (χ0n) is 14.8. The molecule has 0 atom stereocenters. The average molecular weight is 527 g/mol. The van der Waals surface area contributed by atoms with Gasteiger partial charge in [-0.05, 0) is 57.8 Å². The molecule has 0 saturated carbocycles. The van der Waals surface area contributed by atoms with Crippen molar-refractivity contribution in [2.24, 2.45) is 5.10 Å². The molecule has 0 aliphatic carbocycles. The highest BCUT2D eigenvalue weighted by atomic mass is 127. The number of carbonyl (C=O) groups is 1. The molecule has 144 valence electrons. The Morgan fingerprint density at radius 1 is 1.29 bits per heavy atom. The molecule has 1 N–H and O–H groups in total. The molecule has 8 heteroatoms. The van der Waals surface area contributed by atoms with E-state index < -0.39 is 0 Å². The first kappa shape index (κ1) is 20.6. The van der Waals surface area contributed by atoms with E-state index in [2.05, 4.69) is 33.1 Å². The molecule has 0 fully saturated rings. The first-order valence-electron chi connectivity index (χ1n) is 8.19. The van der Waals surface area contributed by atoms with E-state index in [-0.39, 0.29) is 5.91 Å². The van der Waals surface area contributed by atoms with E-state index in [1.165, 1.54) is 11.3 Å². The van der Waals surface area contributed by atoms with Crippen molar-refractivity contribution in [1.29, 1.82) is 0 Å². The Bertz CT molecular complexity index is 993. The van der Waals surface area contributed by atoms with Crippen LogP contribution in [0.4, 0.5) is 0 Å². The molecule has 0 bridgehead atoms. The van der Waals surface area contributed by atoms with Gasteiger partial charge in [-0.1, -0.05) is 35.9 Å². The smallest absolute Gasteiger partial charge is 0.281 e. The molecule has 3 rings (SSSR count). The number of ether oxygens (including phenoxy) is 2.